The van der Waals surface area contributed by atoms with Gasteiger partial charge in [0.2, 0.25) is 11.8 Å². The van der Waals surface area contributed by atoms with E-state index in [1.54, 1.807) is 16.9 Å². The van der Waals surface area contributed by atoms with Crippen LogP contribution in [0, 0.1) is 23.2 Å². The van der Waals surface area contributed by atoms with Gasteiger partial charge in [0.1, 0.15) is 6.10 Å². The number of rotatable bonds is 10. The van der Waals surface area contributed by atoms with Crippen molar-refractivity contribution in [2.75, 3.05) is 0 Å². The number of alkyl halides is 2. The van der Waals surface area contributed by atoms with Gasteiger partial charge in [-0.1, -0.05) is 20.8 Å². The molecule has 3 aliphatic rings. The molecule has 43 heavy (non-hydrogen) atoms. The van der Waals surface area contributed by atoms with Crippen LogP contribution >= 0.6 is 0 Å². The molecule has 232 valence electrons. The molecule has 0 saturated heterocycles. The van der Waals surface area contributed by atoms with E-state index in [0.29, 0.717) is 23.8 Å². The lowest BCUT2D eigenvalue weighted by atomic mass is 9.81. The monoisotopic (exact) mass is 598 g/mol. The Morgan fingerprint density at radius 2 is 1.72 bits per heavy atom. The Bertz CT molecular complexity index is 1480. The van der Waals surface area contributed by atoms with Gasteiger partial charge in [-0.25, -0.2) is 18.3 Å². The van der Waals surface area contributed by atoms with Crippen LogP contribution in [0.2, 0.25) is 0 Å². The SMILES string of the molecule is CC(C)(C)[C@@H](O)C(=O)NC(c1cnn2cc([C@@H](NC(=O)c3cnn(CC4CC4)n3)C3CCC(F)(F)CC3)nc2c1)C1CC1. The molecule has 1 unspecified atom stereocenters. The van der Waals surface area contributed by atoms with Crippen molar-refractivity contribution in [1.29, 1.82) is 0 Å². The molecule has 0 aromatic carbocycles. The third kappa shape index (κ3) is 6.86. The molecule has 2 amide bonds. The topological polar surface area (TPSA) is 139 Å². The van der Waals surface area contributed by atoms with E-state index in [9.17, 15) is 23.5 Å². The molecular weight excluding hydrogens is 558 g/mol. The summed E-state index contributed by atoms with van der Waals surface area (Å²) in [5.41, 5.74) is 1.38. The first-order valence-corrected chi connectivity index (χ1v) is 15.3. The Morgan fingerprint density at radius 3 is 2.37 bits per heavy atom. The number of nitrogens with zero attached hydrogens (tertiary/aromatic N) is 6. The average molecular weight is 599 g/mol. The molecule has 3 heterocycles. The molecule has 3 aromatic rings. The van der Waals surface area contributed by atoms with Crippen LogP contribution < -0.4 is 10.6 Å². The van der Waals surface area contributed by atoms with Crippen LogP contribution in [0.3, 0.4) is 0 Å². The van der Waals surface area contributed by atoms with Crippen molar-refractivity contribution < 1.29 is 23.5 Å². The van der Waals surface area contributed by atoms with Gasteiger partial charge in [0.15, 0.2) is 11.3 Å². The largest absolute Gasteiger partial charge is 0.383 e. The number of carbonyl (C=O) groups excluding carboxylic acids is 2. The van der Waals surface area contributed by atoms with Gasteiger partial charge in [-0.2, -0.15) is 15.0 Å². The highest BCUT2D eigenvalue weighted by Crippen LogP contribution is 2.43. The minimum absolute atomic E-state index is 0.177. The summed E-state index contributed by atoms with van der Waals surface area (Å²) in [5, 5.41) is 29.6. The Kier molecular flexibility index (Phi) is 7.72. The smallest absolute Gasteiger partial charge is 0.274 e. The van der Waals surface area contributed by atoms with Crippen molar-refractivity contribution in [3.05, 3.63) is 41.6 Å². The summed E-state index contributed by atoms with van der Waals surface area (Å²) in [5.74, 6) is -3.03. The number of hydrogen-bond acceptors (Lipinski definition) is 7. The number of halogens is 2. The second kappa shape index (κ2) is 11.2. The number of aliphatic hydroxyl groups excluding tert-OH is 1. The molecule has 3 N–H and O–H groups in total. The fraction of sp³-hybridized carbons (Fsp3) is 0.667. The molecule has 3 aliphatic carbocycles. The number of nitrogens with one attached hydrogen (secondary N) is 2. The quantitative estimate of drug-likeness (QED) is 0.321. The van der Waals surface area contributed by atoms with E-state index < -0.39 is 35.3 Å². The van der Waals surface area contributed by atoms with E-state index >= 15 is 0 Å². The number of aromatic nitrogens is 6. The molecule has 3 saturated carbocycles. The van der Waals surface area contributed by atoms with Crippen molar-refractivity contribution in [2.24, 2.45) is 23.2 Å². The first-order valence-electron chi connectivity index (χ1n) is 15.3. The highest BCUT2D eigenvalue weighted by molar-refractivity contribution is 5.92. The predicted molar refractivity (Wildman–Crippen MR) is 152 cm³/mol. The molecular formula is C30H40F2N8O3. The van der Waals surface area contributed by atoms with Crippen molar-refractivity contribution >= 4 is 17.5 Å². The van der Waals surface area contributed by atoms with Crippen molar-refractivity contribution in [3.8, 4) is 0 Å². The van der Waals surface area contributed by atoms with Crippen LogP contribution in [0.5, 0.6) is 0 Å². The van der Waals surface area contributed by atoms with Gasteiger partial charge >= 0.3 is 0 Å². The summed E-state index contributed by atoms with van der Waals surface area (Å²) < 4.78 is 29.7. The van der Waals surface area contributed by atoms with Gasteiger partial charge in [0.05, 0.1) is 42.9 Å². The first kappa shape index (κ1) is 29.6. The molecule has 0 aliphatic heterocycles. The standard InChI is InChI=1S/C30H40F2N8O3/c1-29(2,3)26(41)28(43)36-24(18-6-7-18)20-12-23-35-22(16-39(23)33-13-20)25(19-8-10-30(31,32)11-9-19)37-27(42)21-14-34-40(38-21)15-17-4-5-17/h12-14,16-19,24-26,41H,4-11,15H2,1-3H3,(H,36,43)(H,37,42)/t24?,25-,26-/m0/s1. The molecule has 3 atom stereocenters. The van der Waals surface area contributed by atoms with Crippen LogP contribution in [0.4, 0.5) is 8.78 Å². The minimum Gasteiger partial charge on any atom is -0.383 e. The highest BCUT2D eigenvalue weighted by Gasteiger charge is 2.40. The molecule has 3 fully saturated rings. The van der Waals surface area contributed by atoms with E-state index in [1.165, 1.54) is 11.0 Å². The Balaban J connectivity index is 1.25. The lowest BCUT2D eigenvalue weighted by Gasteiger charge is -2.33. The van der Waals surface area contributed by atoms with Crippen LogP contribution in [0.15, 0.2) is 24.7 Å². The van der Waals surface area contributed by atoms with Gasteiger partial charge in [-0.05, 0) is 73.3 Å². The highest BCUT2D eigenvalue weighted by atomic mass is 19.3. The molecule has 0 bridgehead atoms. The fourth-order valence-electron chi connectivity index (χ4n) is 5.82. The number of hydrogen-bond donors (Lipinski definition) is 3. The second-order valence-corrected chi connectivity index (χ2v) is 13.7. The molecule has 0 spiro atoms. The zero-order valence-corrected chi connectivity index (χ0v) is 24.8. The normalized spacial score (nSPS) is 21.3. The summed E-state index contributed by atoms with van der Waals surface area (Å²) in [6, 6.07) is 0.903. The van der Waals surface area contributed by atoms with E-state index in [-0.39, 0.29) is 49.3 Å². The summed E-state index contributed by atoms with van der Waals surface area (Å²) in [6.07, 6.45) is 7.82. The first-order chi connectivity index (χ1) is 20.4. The summed E-state index contributed by atoms with van der Waals surface area (Å²) >= 11 is 0. The molecule has 3 aromatic heterocycles. The van der Waals surface area contributed by atoms with Gasteiger partial charge < -0.3 is 15.7 Å². The van der Waals surface area contributed by atoms with E-state index in [1.807, 2.05) is 26.8 Å². The molecule has 11 nitrogen and oxygen atoms in total. The van der Waals surface area contributed by atoms with Crippen LogP contribution in [0.1, 0.15) is 106 Å². The lowest BCUT2D eigenvalue weighted by molar-refractivity contribution is -0.135. The minimum atomic E-state index is -2.71. The maximum atomic E-state index is 14.1. The zero-order chi connectivity index (χ0) is 30.5. The van der Waals surface area contributed by atoms with E-state index in [4.69, 9.17) is 4.98 Å². The third-order valence-corrected chi connectivity index (χ3v) is 8.90. The van der Waals surface area contributed by atoms with E-state index in [2.05, 4.69) is 25.9 Å². The van der Waals surface area contributed by atoms with Gasteiger partial charge in [0.25, 0.3) is 5.91 Å². The predicted octanol–water partition coefficient (Wildman–Crippen LogP) is 4.00. The Hall–Kier alpha value is -3.48. The third-order valence-electron chi connectivity index (χ3n) is 8.90. The lowest BCUT2D eigenvalue weighted by Crippen LogP contribution is -2.44. The number of carbonyl (C=O) groups is 2. The van der Waals surface area contributed by atoms with Gasteiger partial charge in [-0.3, -0.25) is 9.59 Å². The van der Waals surface area contributed by atoms with Crippen LogP contribution in [0.25, 0.3) is 5.65 Å². The van der Waals surface area contributed by atoms with E-state index in [0.717, 1.165) is 31.2 Å². The maximum Gasteiger partial charge on any atom is 0.274 e. The molecule has 0 radical (unpaired) electrons. The Labute approximate surface area is 248 Å². The van der Waals surface area contributed by atoms with Crippen molar-refractivity contribution in [3.63, 3.8) is 0 Å². The zero-order valence-electron chi connectivity index (χ0n) is 24.8. The number of aliphatic hydroxyl groups is 1. The maximum absolute atomic E-state index is 14.1. The summed E-state index contributed by atoms with van der Waals surface area (Å²) in [4.78, 5) is 32.5. The second-order valence-electron chi connectivity index (χ2n) is 13.7. The fourth-order valence-corrected chi connectivity index (χ4v) is 5.82. The average Bonchev–Trinajstić information content (AvgIpc) is 3.87. The summed E-state index contributed by atoms with van der Waals surface area (Å²) in [7, 11) is 0. The van der Waals surface area contributed by atoms with Crippen LogP contribution in [-0.2, 0) is 11.3 Å². The molecule has 13 heteroatoms. The van der Waals surface area contributed by atoms with Gasteiger partial charge in [0, 0.05) is 12.8 Å². The van der Waals surface area contributed by atoms with Crippen molar-refractivity contribution in [1.82, 2.24) is 40.2 Å². The summed E-state index contributed by atoms with van der Waals surface area (Å²) in [6.45, 7) is 6.10. The van der Waals surface area contributed by atoms with Crippen molar-refractivity contribution in [2.45, 2.75) is 103 Å². The number of fused-ring (bicyclic) bond motifs is 1. The Morgan fingerprint density at radius 1 is 1.02 bits per heavy atom. The molecule has 6 rings (SSSR count). The van der Waals surface area contributed by atoms with Crippen LogP contribution in [-0.4, -0.2) is 58.5 Å². The number of amides is 2. The van der Waals surface area contributed by atoms with Gasteiger partial charge in [-0.15, -0.1) is 5.10 Å². The number of imidazole rings is 1.